The van der Waals surface area contributed by atoms with Crippen LogP contribution in [0.25, 0.3) is 0 Å². The number of hydrogen-bond donors (Lipinski definition) is 2. The zero-order valence-electron chi connectivity index (χ0n) is 7.63. The van der Waals surface area contributed by atoms with Crippen molar-refractivity contribution in [2.24, 2.45) is 0 Å². The molecule has 0 aliphatic rings. The summed E-state index contributed by atoms with van der Waals surface area (Å²) in [6, 6.07) is 1.93. The lowest BCUT2D eigenvalue weighted by Gasteiger charge is -1.86. The van der Waals surface area contributed by atoms with Crippen LogP contribution >= 0.6 is 11.3 Å². The maximum Gasteiger partial charge on any atom is 0.0774 e. The van der Waals surface area contributed by atoms with E-state index in [1.807, 2.05) is 18.5 Å². The van der Waals surface area contributed by atoms with Crippen LogP contribution in [0, 0.1) is 11.8 Å². The van der Waals surface area contributed by atoms with Crippen LogP contribution in [0.2, 0.25) is 0 Å². The summed E-state index contributed by atoms with van der Waals surface area (Å²) in [6.07, 6.45) is 0.862. The van der Waals surface area contributed by atoms with Gasteiger partial charge in [0.15, 0.2) is 0 Å². The Bertz CT molecular complexity index is 308. The van der Waals surface area contributed by atoms with Crippen LogP contribution in [-0.2, 0) is 6.61 Å². The summed E-state index contributed by atoms with van der Waals surface area (Å²) < 4.78 is 0. The second-order valence-corrected chi connectivity index (χ2v) is 3.61. The van der Waals surface area contributed by atoms with Crippen LogP contribution in [0.1, 0.15) is 16.9 Å². The molecule has 0 spiro atoms. The molecule has 1 aromatic rings. The molecule has 0 fully saturated rings. The van der Waals surface area contributed by atoms with Crippen molar-refractivity contribution in [3.05, 3.63) is 21.9 Å². The first-order chi connectivity index (χ1) is 6.36. The van der Waals surface area contributed by atoms with Crippen LogP contribution in [-0.4, -0.2) is 18.7 Å². The van der Waals surface area contributed by atoms with Gasteiger partial charge in [-0.15, -0.1) is 11.3 Å². The largest absolute Gasteiger partial charge is 0.391 e. The lowest BCUT2D eigenvalue weighted by atomic mass is 10.3. The summed E-state index contributed by atoms with van der Waals surface area (Å²) in [5.74, 6) is 6.10. The fraction of sp³-hybridized carbons (Fsp3) is 0.400. The average molecular weight is 195 g/mol. The second kappa shape index (κ2) is 5.76. The van der Waals surface area contributed by atoms with Crippen molar-refractivity contribution in [1.82, 2.24) is 5.32 Å². The van der Waals surface area contributed by atoms with E-state index in [0.29, 0.717) is 0 Å². The molecule has 0 radical (unpaired) electrons. The third kappa shape index (κ3) is 3.60. The Labute approximate surface area is 82.6 Å². The van der Waals surface area contributed by atoms with Crippen LogP contribution in [0.4, 0.5) is 0 Å². The quantitative estimate of drug-likeness (QED) is 0.561. The zero-order valence-corrected chi connectivity index (χ0v) is 8.45. The molecular weight excluding hydrogens is 182 g/mol. The van der Waals surface area contributed by atoms with Gasteiger partial charge in [0.25, 0.3) is 0 Å². The van der Waals surface area contributed by atoms with E-state index in [9.17, 15) is 0 Å². The number of nitrogens with one attached hydrogen (secondary N) is 1. The van der Waals surface area contributed by atoms with Gasteiger partial charge in [-0.25, -0.2) is 0 Å². The lowest BCUT2D eigenvalue weighted by molar-refractivity contribution is 0.285. The van der Waals surface area contributed by atoms with E-state index in [0.717, 1.165) is 23.4 Å². The standard InChI is InChI=1S/C10H13NOS/c1-11-5-3-2-4-9-6-10(7-12)13-8-9/h6,8,11-12H,3,5,7H2,1H3. The Balaban J connectivity index is 2.46. The van der Waals surface area contributed by atoms with Crippen molar-refractivity contribution in [3.8, 4) is 11.8 Å². The van der Waals surface area contributed by atoms with Gasteiger partial charge in [0, 0.05) is 28.8 Å². The number of aliphatic hydroxyl groups is 1. The molecule has 70 valence electrons. The van der Waals surface area contributed by atoms with E-state index < -0.39 is 0 Å². The summed E-state index contributed by atoms with van der Waals surface area (Å²) >= 11 is 1.55. The summed E-state index contributed by atoms with van der Waals surface area (Å²) in [5, 5.41) is 13.8. The second-order valence-electron chi connectivity index (χ2n) is 2.62. The van der Waals surface area contributed by atoms with Crippen molar-refractivity contribution in [1.29, 1.82) is 0 Å². The SMILES string of the molecule is CNCCC#Cc1csc(CO)c1. The summed E-state index contributed by atoms with van der Waals surface area (Å²) in [5.41, 5.74) is 1.00. The number of thiophene rings is 1. The van der Waals surface area contributed by atoms with E-state index in [1.54, 1.807) is 11.3 Å². The van der Waals surface area contributed by atoms with Gasteiger partial charge < -0.3 is 10.4 Å². The minimum absolute atomic E-state index is 0.114. The Morgan fingerprint density at radius 2 is 2.46 bits per heavy atom. The first kappa shape index (κ1) is 10.3. The molecule has 0 aliphatic heterocycles. The van der Waals surface area contributed by atoms with Gasteiger partial charge in [-0.2, -0.15) is 0 Å². The average Bonchev–Trinajstić information content (AvgIpc) is 2.60. The molecule has 0 aromatic carbocycles. The first-order valence-corrected chi connectivity index (χ1v) is 5.06. The van der Waals surface area contributed by atoms with Crippen molar-refractivity contribution in [2.75, 3.05) is 13.6 Å². The Morgan fingerprint density at radius 3 is 3.08 bits per heavy atom. The molecule has 3 heteroatoms. The highest BCUT2D eigenvalue weighted by atomic mass is 32.1. The molecule has 0 aliphatic carbocycles. The molecule has 0 saturated heterocycles. The fourth-order valence-corrected chi connectivity index (χ4v) is 1.56. The van der Waals surface area contributed by atoms with Gasteiger partial charge in [0.05, 0.1) is 6.61 Å². The third-order valence-corrected chi connectivity index (χ3v) is 2.46. The van der Waals surface area contributed by atoms with Gasteiger partial charge in [-0.3, -0.25) is 0 Å². The zero-order chi connectivity index (χ0) is 9.52. The van der Waals surface area contributed by atoms with Crippen LogP contribution < -0.4 is 5.32 Å². The summed E-state index contributed by atoms with van der Waals surface area (Å²) in [6.45, 7) is 1.03. The normalized spacial score (nSPS) is 9.38. The van der Waals surface area contributed by atoms with E-state index in [2.05, 4.69) is 17.2 Å². The molecule has 0 bridgehead atoms. The van der Waals surface area contributed by atoms with Crippen molar-refractivity contribution in [2.45, 2.75) is 13.0 Å². The maximum absolute atomic E-state index is 8.81. The monoisotopic (exact) mass is 195 g/mol. The predicted octanol–water partition coefficient (Wildman–Crippen LogP) is 1.20. The highest BCUT2D eigenvalue weighted by Gasteiger charge is 1.93. The fourth-order valence-electron chi connectivity index (χ4n) is 0.881. The minimum Gasteiger partial charge on any atom is -0.391 e. The maximum atomic E-state index is 8.81. The van der Waals surface area contributed by atoms with Gasteiger partial charge in [0.1, 0.15) is 0 Å². The molecule has 0 atom stereocenters. The minimum atomic E-state index is 0.114. The molecule has 2 nitrogen and oxygen atoms in total. The van der Waals surface area contributed by atoms with Gasteiger partial charge in [-0.1, -0.05) is 11.8 Å². The van der Waals surface area contributed by atoms with E-state index >= 15 is 0 Å². The van der Waals surface area contributed by atoms with Gasteiger partial charge >= 0.3 is 0 Å². The molecule has 0 saturated carbocycles. The molecule has 13 heavy (non-hydrogen) atoms. The Kier molecular flexibility index (Phi) is 4.55. The number of aliphatic hydroxyl groups excluding tert-OH is 1. The van der Waals surface area contributed by atoms with E-state index in [-0.39, 0.29) is 6.61 Å². The van der Waals surface area contributed by atoms with Gasteiger partial charge in [0.2, 0.25) is 0 Å². The van der Waals surface area contributed by atoms with Crippen LogP contribution in [0.15, 0.2) is 11.4 Å². The van der Waals surface area contributed by atoms with Crippen LogP contribution in [0.3, 0.4) is 0 Å². The highest BCUT2D eigenvalue weighted by Crippen LogP contribution is 2.12. The Hall–Kier alpha value is -0.820. The molecular formula is C10H13NOS. The Morgan fingerprint density at radius 1 is 1.62 bits per heavy atom. The topological polar surface area (TPSA) is 32.3 Å². The number of rotatable bonds is 3. The van der Waals surface area contributed by atoms with Gasteiger partial charge in [-0.05, 0) is 13.1 Å². The summed E-state index contributed by atoms with van der Waals surface area (Å²) in [4.78, 5) is 0.970. The third-order valence-electron chi connectivity index (χ3n) is 1.54. The molecule has 1 heterocycles. The lowest BCUT2D eigenvalue weighted by Crippen LogP contribution is -2.05. The molecule has 1 aromatic heterocycles. The van der Waals surface area contributed by atoms with Crippen molar-refractivity contribution >= 4 is 11.3 Å². The smallest absolute Gasteiger partial charge is 0.0774 e. The van der Waals surface area contributed by atoms with Crippen LogP contribution in [0.5, 0.6) is 0 Å². The first-order valence-electron chi connectivity index (χ1n) is 4.18. The summed E-state index contributed by atoms with van der Waals surface area (Å²) in [7, 11) is 1.91. The molecule has 2 N–H and O–H groups in total. The predicted molar refractivity (Wildman–Crippen MR) is 55.7 cm³/mol. The van der Waals surface area contributed by atoms with E-state index in [4.69, 9.17) is 5.11 Å². The molecule has 1 rings (SSSR count). The van der Waals surface area contributed by atoms with Crippen molar-refractivity contribution < 1.29 is 5.11 Å². The molecule has 0 unspecified atom stereocenters. The van der Waals surface area contributed by atoms with E-state index in [1.165, 1.54) is 0 Å². The number of hydrogen-bond acceptors (Lipinski definition) is 3. The molecule has 0 amide bonds. The highest BCUT2D eigenvalue weighted by molar-refractivity contribution is 7.10. The van der Waals surface area contributed by atoms with Crippen molar-refractivity contribution in [3.63, 3.8) is 0 Å².